The van der Waals surface area contributed by atoms with Crippen molar-refractivity contribution in [1.29, 1.82) is 0 Å². The van der Waals surface area contributed by atoms with Crippen LogP contribution in [0.1, 0.15) is 15.9 Å². The Labute approximate surface area is 127 Å². The first-order chi connectivity index (χ1) is 10.6. The highest BCUT2D eigenvalue weighted by atomic mass is 16.2. The predicted molar refractivity (Wildman–Crippen MR) is 85.1 cm³/mol. The van der Waals surface area contributed by atoms with E-state index < -0.39 is 11.8 Å². The minimum absolute atomic E-state index is 0.00857. The molecule has 0 heterocycles. The van der Waals surface area contributed by atoms with Gasteiger partial charge in [0, 0.05) is 11.3 Å². The van der Waals surface area contributed by atoms with E-state index in [-0.39, 0.29) is 5.70 Å². The van der Waals surface area contributed by atoms with Gasteiger partial charge in [-0.1, -0.05) is 36.4 Å². The molecule has 0 unspecified atom stereocenters. The van der Waals surface area contributed by atoms with Crippen LogP contribution in [0.25, 0.3) is 6.08 Å². The van der Waals surface area contributed by atoms with Crippen molar-refractivity contribution in [3.63, 3.8) is 0 Å². The number of hydrogen-bond acceptors (Lipinski definition) is 4. The maximum absolute atomic E-state index is 12.1. The third-order valence-corrected chi connectivity index (χ3v) is 2.96. The summed E-state index contributed by atoms with van der Waals surface area (Å²) < 4.78 is 0. The summed E-state index contributed by atoms with van der Waals surface area (Å²) in [6.07, 6.45) is 1.47. The van der Waals surface area contributed by atoms with Crippen molar-refractivity contribution in [2.75, 3.05) is 5.73 Å². The molecule has 0 bridgehead atoms. The zero-order valence-electron chi connectivity index (χ0n) is 11.7. The van der Waals surface area contributed by atoms with Crippen molar-refractivity contribution in [3.05, 3.63) is 71.4 Å². The van der Waals surface area contributed by atoms with Crippen molar-refractivity contribution in [2.24, 2.45) is 5.84 Å². The molecule has 0 aromatic heterocycles. The van der Waals surface area contributed by atoms with Crippen LogP contribution in [0.5, 0.6) is 0 Å². The van der Waals surface area contributed by atoms with E-state index in [9.17, 15) is 9.59 Å². The largest absolute Gasteiger partial charge is 0.398 e. The minimum Gasteiger partial charge on any atom is -0.398 e. The summed E-state index contributed by atoms with van der Waals surface area (Å²) in [6, 6.07) is 15.5. The van der Waals surface area contributed by atoms with Crippen molar-refractivity contribution in [2.45, 2.75) is 0 Å². The Balaban J connectivity index is 2.30. The van der Waals surface area contributed by atoms with Crippen molar-refractivity contribution in [1.82, 2.24) is 10.7 Å². The highest BCUT2D eigenvalue weighted by Crippen LogP contribution is 2.14. The number of nitrogens with one attached hydrogen (secondary N) is 2. The molecule has 0 spiro atoms. The molecule has 0 aliphatic rings. The highest BCUT2D eigenvalue weighted by Gasteiger charge is 2.13. The highest BCUT2D eigenvalue weighted by molar-refractivity contribution is 6.05. The molecule has 2 aromatic carbocycles. The SMILES string of the molecule is NNC(=O)C(=Cc1ccccc1N)NC(=O)c1ccccc1. The number of rotatable bonds is 4. The van der Waals surface area contributed by atoms with Gasteiger partial charge in [-0.15, -0.1) is 0 Å². The molecule has 2 rings (SSSR count). The number of nitrogens with two attached hydrogens (primary N) is 2. The molecular formula is C16H16N4O2. The summed E-state index contributed by atoms with van der Waals surface area (Å²) >= 11 is 0. The summed E-state index contributed by atoms with van der Waals surface area (Å²) in [6.45, 7) is 0. The normalized spacial score (nSPS) is 10.9. The standard InChI is InChI=1S/C16H16N4O2/c17-13-9-5-4-8-12(13)10-14(16(22)20-18)19-15(21)11-6-2-1-3-7-11/h1-10H,17-18H2,(H,19,21)(H,20,22). The molecule has 0 fully saturated rings. The first-order valence-corrected chi connectivity index (χ1v) is 6.55. The Morgan fingerprint density at radius 1 is 0.955 bits per heavy atom. The Bertz CT molecular complexity index is 711. The maximum atomic E-state index is 12.1. The van der Waals surface area contributed by atoms with E-state index in [1.165, 1.54) is 6.08 Å². The zero-order chi connectivity index (χ0) is 15.9. The fourth-order valence-corrected chi connectivity index (χ4v) is 1.82. The van der Waals surface area contributed by atoms with E-state index in [1.807, 2.05) is 5.43 Å². The molecule has 0 atom stereocenters. The predicted octanol–water partition coefficient (Wildman–Crippen LogP) is 1.03. The van der Waals surface area contributed by atoms with E-state index in [2.05, 4.69) is 5.32 Å². The fraction of sp³-hybridized carbons (Fsp3) is 0. The quantitative estimate of drug-likeness (QED) is 0.222. The molecule has 2 amide bonds. The van der Waals surface area contributed by atoms with Crippen LogP contribution in [0, 0.1) is 0 Å². The Hall–Kier alpha value is -3.12. The molecule has 2 aromatic rings. The van der Waals surface area contributed by atoms with Gasteiger partial charge in [0.05, 0.1) is 0 Å². The average molecular weight is 296 g/mol. The van der Waals surface area contributed by atoms with E-state index in [0.717, 1.165) is 0 Å². The van der Waals surface area contributed by atoms with Crippen LogP contribution in [0.4, 0.5) is 5.69 Å². The van der Waals surface area contributed by atoms with Crippen LogP contribution in [0.15, 0.2) is 60.3 Å². The lowest BCUT2D eigenvalue weighted by molar-refractivity contribution is -0.117. The average Bonchev–Trinajstić information content (AvgIpc) is 2.56. The van der Waals surface area contributed by atoms with Crippen molar-refractivity contribution < 1.29 is 9.59 Å². The number of benzene rings is 2. The molecule has 6 N–H and O–H groups in total. The van der Waals surface area contributed by atoms with Crippen LogP contribution >= 0.6 is 0 Å². The maximum Gasteiger partial charge on any atom is 0.281 e. The number of nitrogen functional groups attached to an aromatic ring is 1. The number of anilines is 1. The molecule has 0 radical (unpaired) electrons. The van der Waals surface area contributed by atoms with Gasteiger partial charge < -0.3 is 11.1 Å². The van der Waals surface area contributed by atoms with E-state index in [0.29, 0.717) is 16.8 Å². The van der Waals surface area contributed by atoms with E-state index in [1.54, 1.807) is 54.6 Å². The van der Waals surface area contributed by atoms with Crippen LogP contribution in [0.2, 0.25) is 0 Å². The molecular weight excluding hydrogens is 280 g/mol. The van der Waals surface area contributed by atoms with Gasteiger partial charge in [-0.2, -0.15) is 0 Å². The summed E-state index contributed by atoms with van der Waals surface area (Å²) in [7, 11) is 0. The van der Waals surface area contributed by atoms with Gasteiger partial charge in [0.1, 0.15) is 5.70 Å². The van der Waals surface area contributed by atoms with Gasteiger partial charge in [0.15, 0.2) is 0 Å². The van der Waals surface area contributed by atoms with Crippen LogP contribution < -0.4 is 22.3 Å². The lowest BCUT2D eigenvalue weighted by Gasteiger charge is -2.09. The lowest BCUT2D eigenvalue weighted by Crippen LogP contribution is -2.38. The first-order valence-electron chi connectivity index (χ1n) is 6.55. The fourth-order valence-electron chi connectivity index (χ4n) is 1.82. The lowest BCUT2D eigenvalue weighted by atomic mass is 10.1. The molecule has 0 aliphatic heterocycles. The molecule has 6 nitrogen and oxygen atoms in total. The van der Waals surface area contributed by atoms with E-state index in [4.69, 9.17) is 11.6 Å². The molecule has 0 saturated carbocycles. The second-order valence-electron chi connectivity index (χ2n) is 4.48. The first kappa shape index (κ1) is 15.3. The van der Waals surface area contributed by atoms with Gasteiger partial charge in [-0.05, 0) is 29.8 Å². The molecule has 22 heavy (non-hydrogen) atoms. The summed E-state index contributed by atoms with van der Waals surface area (Å²) in [4.78, 5) is 24.0. The number of para-hydroxylation sites is 1. The smallest absolute Gasteiger partial charge is 0.281 e. The number of amides is 2. The number of carbonyl (C=O) groups excluding carboxylic acids is 2. The molecule has 6 heteroatoms. The summed E-state index contributed by atoms with van der Waals surface area (Å²) in [5.74, 6) is 4.13. The van der Waals surface area contributed by atoms with E-state index >= 15 is 0 Å². The van der Waals surface area contributed by atoms with Gasteiger partial charge in [-0.3, -0.25) is 15.0 Å². The number of carbonyl (C=O) groups is 2. The summed E-state index contributed by atoms with van der Waals surface area (Å²) in [5, 5.41) is 2.53. The molecule has 0 saturated heterocycles. The van der Waals surface area contributed by atoms with Crippen LogP contribution in [0.3, 0.4) is 0 Å². The number of hydrazine groups is 1. The Morgan fingerprint density at radius 3 is 2.23 bits per heavy atom. The molecule has 112 valence electrons. The summed E-state index contributed by atoms with van der Waals surface area (Å²) in [5.41, 5.74) is 9.36. The van der Waals surface area contributed by atoms with Crippen molar-refractivity contribution in [3.8, 4) is 0 Å². The second-order valence-corrected chi connectivity index (χ2v) is 4.48. The zero-order valence-corrected chi connectivity index (χ0v) is 11.7. The van der Waals surface area contributed by atoms with Gasteiger partial charge >= 0.3 is 0 Å². The van der Waals surface area contributed by atoms with Gasteiger partial charge in [-0.25, -0.2) is 5.84 Å². The number of hydrogen-bond donors (Lipinski definition) is 4. The second kappa shape index (κ2) is 7.05. The van der Waals surface area contributed by atoms with Crippen LogP contribution in [-0.4, -0.2) is 11.8 Å². The topological polar surface area (TPSA) is 110 Å². The minimum atomic E-state index is -0.618. The molecule has 0 aliphatic carbocycles. The third kappa shape index (κ3) is 3.71. The van der Waals surface area contributed by atoms with Crippen molar-refractivity contribution >= 4 is 23.6 Å². The third-order valence-electron chi connectivity index (χ3n) is 2.96. The van der Waals surface area contributed by atoms with Gasteiger partial charge in [0.25, 0.3) is 11.8 Å². The van der Waals surface area contributed by atoms with Gasteiger partial charge in [0.2, 0.25) is 0 Å². The Morgan fingerprint density at radius 2 is 1.59 bits per heavy atom. The van der Waals surface area contributed by atoms with Crippen LogP contribution in [-0.2, 0) is 4.79 Å². The Kier molecular flexibility index (Phi) is 4.89. The monoisotopic (exact) mass is 296 g/mol.